The highest BCUT2D eigenvalue weighted by Gasteiger charge is 2.15. The molecule has 6 nitrogen and oxygen atoms in total. The largest absolute Gasteiger partial charge is 0.444 e. The van der Waals surface area contributed by atoms with Crippen LogP contribution >= 0.6 is 0 Å². The Morgan fingerprint density at radius 2 is 2.10 bits per heavy atom. The van der Waals surface area contributed by atoms with Gasteiger partial charge in [0.2, 0.25) is 0 Å². The first-order chi connectivity index (χ1) is 9.38. The smallest absolute Gasteiger partial charge is 0.407 e. The van der Waals surface area contributed by atoms with Crippen molar-refractivity contribution in [1.29, 1.82) is 0 Å². The van der Waals surface area contributed by atoms with E-state index in [0.29, 0.717) is 6.54 Å². The van der Waals surface area contributed by atoms with Crippen LogP contribution in [0, 0.1) is 0 Å². The topological polar surface area (TPSA) is 76.1 Å². The molecule has 1 atom stereocenters. The van der Waals surface area contributed by atoms with E-state index in [1.54, 1.807) is 18.6 Å². The minimum absolute atomic E-state index is 0.144. The molecule has 1 aromatic heterocycles. The summed E-state index contributed by atoms with van der Waals surface area (Å²) in [6.07, 6.45) is 5.53. The van der Waals surface area contributed by atoms with Gasteiger partial charge < -0.3 is 15.4 Å². The number of nitrogens with zero attached hydrogens (tertiary/aromatic N) is 2. The number of aromatic nitrogens is 2. The van der Waals surface area contributed by atoms with E-state index >= 15 is 0 Å². The van der Waals surface area contributed by atoms with Gasteiger partial charge in [-0.05, 0) is 40.7 Å². The van der Waals surface area contributed by atoms with Gasteiger partial charge in [-0.25, -0.2) is 4.79 Å². The fourth-order valence-corrected chi connectivity index (χ4v) is 1.55. The van der Waals surface area contributed by atoms with E-state index in [-0.39, 0.29) is 12.1 Å². The second-order valence-corrected chi connectivity index (χ2v) is 5.59. The average Bonchev–Trinajstić information content (AvgIpc) is 2.37. The monoisotopic (exact) mass is 280 g/mol. The highest BCUT2D eigenvalue weighted by atomic mass is 16.6. The van der Waals surface area contributed by atoms with Gasteiger partial charge in [0.15, 0.2) is 0 Å². The minimum Gasteiger partial charge on any atom is -0.444 e. The molecule has 1 unspecified atom stereocenters. The molecule has 1 rings (SSSR count). The van der Waals surface area contributed by atoms with E-state index in [4.69, 9.17) is 4.74 Å². The van der Waals surface area contributed by atoms with Gasteiger partial charge in [-0.15, -0.1) is 0 Å². The standard InChI is InChI=1S/C14H24N4O2/c1-11(12-10-15-8-9-17-12)16-6-5-7-18-13(19)20-14(2,3)4/h8-11,16H,5-7H2,1-4H3,(H,18,19). The molecule has 2 N–H and O–H groups in total. The highest BCUT2D eigenvalue weighted by molar-refractivity contribution is 5.67. The quantitative estimate of drug-likeness (QED) is 0.780. The van der Waals surface area contributed by atoms with Crippen molar-refractivity contribution in [1.82, 2.24) is 20.6 Å². The Hall–Kier alpha value is -1.69. The number of ether oxygens (including phenoxy) is 1. The number of rotatable bonds is 6. The molecular weight excluding hydrogens is 256 g/mol. The molecule has 6 heteroatoms. The summed E-state index contributed by atoms with van der Waals surface area (Å²) < 4.78 is 5.15. The van der Waals surface area contributed by atoms with Gasteiger partial charge in [0.05, 0.1) is 5.69 Å². The zero-order valence-electron chi connectivity index (χ0n) is 12.6. The first-order valence-electron chi connectivity index (χ1n) is 6.84. The van der Waals surface area contributed by atoms with Crippen molar-refractivity contribution in [2.75, 3.05) is 13.1 Å². The lowest BCUT2D eigenvalue weighted by molar-refractivity contribution is 0.0527. The van der Waals surface area contributed by atoms with Crippen LogP contribution in [0.25, 0.3) is 0 Å². The average molecular weight is 280 g/mol. The minimum atomic E-state index is -0.456. The van der Waals surface area contributed by atoms with Gasteiger partial charge in [0.1, 0.15) is 5.60 Å². The Bertz CT molecular complexity index is 403. The Balaban J connectivity index is 2.12. The van der Waals surface area contributed by atoms with Crippen LogP contribution in [-0.2, 0) is 4.74 Å². The van der Waals surface area contributed by atoms with Crippen LogP contribution in [0.3, 0.4) is 0 Å². The fraction of sp³-hybridized carbons (Fsp3) is 0.643. The van der Waals surface area contributed by atoms with Crippen molar-refractivity contribution in [3.05, 3.63) is 24.3 Å². The van der Waals surface area contributed by atoms with E-state index in [2.05, 4.69) is 20.6 Å². The summed E-state index contributed by atoms with van der Waals surface area (Å²) >= 11 is 0. The van der Waals surface area contributed by atoms with Crippen molar-refractivity contribution in [3.8, 4) is 0 Å². The third kappa shape index (κ3) is 7.04. The van der Waals surface area contributed by atoms with Crippen LogP contribution in [0.1, 0.15) is 45.9 Å². The molecule has 112 valence electrons. The molecule has 1 heterocycles. The maximum Gasteiger partial charge on any atom is 0.407 e. The van der Waals surface area contributed by atoms with Gasteiger partial charge in [-0.2, -0.15) is 0 Å². The highest BCUT2D eigenvalue weighted by Crippen LogP contribution is 2.07. The third-order valence-corrected chi connectivity index (χ3v) is 2.50. The molecule has 0 saturated carbocycles. The number of hydrogen-bond donors (Lipinski definition) is 2. The van der Waals surface area contributed by atoms with Crippen LogP contribution in [-0.4, -0.2) is 34.8 Å². The molecular formula is C14H24N4O2. The lowest BCUT2D eigenvalue weighted by atomic mass is 10.2. The summed E-state index contributed by atoms with van der Waals surface area (Å²) in [6.45, 7) is 8.93. The number of carbonyl (C=O) groups is 1. The predicted molar refractivity (Wildman–Crippen MR) is 77.3 cm³/mol. The molecule has 0 fully saturated rings. The van der Waals surface area contributed by atoms with Crippen LogP contribution in [0.2, 0.25) is 0 Å². The molecule has 1 amide bonds. The molecule has 20 heavy (non-hydrogen) atoms. The van der Waals surface area contributed by atoms with Gasteiger partial charge in [0.25, 0.3) is 0 Å². The first-order valence-corrected chi connectivity index (χ1v) is 6.84. The van der Waals surface area contributed by atoms with Gasteiger partial charge in [-0.1, -0.05) is 0 Å². The SMILES string of the molecule is CC(NCCCNC(=O)OC(C)(C)C)c1cnccn1. The Morgan fingerprint density at radius 1 is 1.35 bits per heavy atom. The van der Waals surface area contributed by atoms with E-state index in [0.717, 1.165) is 18.7 Å². The lowest BCUT2D eigenvalue weighted by Crippen LogP contribution is -2.34. The van der Waals surface area contributed by atoms with Gasteiger partial charge in [-0.3, -0.25) is 9.97 Å². The molecule has 0 bridgehead atoms. The van der Waals surface area contributed by atoms with E-state index < -0.39 is 5.60 Å². The van der Waals surface area contributed by atoms with Crippen LogP contribution < -0.4 is 10.6 Å². The molecule has 0 spiro atoms. The van der Waals surface area contributed by atoms with Crippen LogP contribution in [0.15, 0.2) is 18.6 Å². The van der Waals surface area contributed by atoms with Crippen LogP contribution in [0.4, 0.5) is 4.79 Å². The van der Waals surface area contributed by atoms with Crippen molar-refractivity contribution >= 4 is 6.09 Å². The molecule has 1 aromatic rings. The summed E-state index contributed by atoms with van der Waals surface area (Å²) in [5.74, 6) is 0. The lowest BCUT2D eigenvalue weighted by Gasteiger charge is -2.19. The normalized spacial score (nSPS) is 12.8. The van der Waals surface area contributed by atoms with Gasteiger partial charge >= 0.3 is 6.09 Å². The zero-order chi connectivity index (χ0) is 15.0. The van der Waals surface area contributed by atoms with E-state index in [9.17, 15) is 4.79 Å². The molecule has 0 aliphatic rings. The van der Waals surface area contributed by atoms with Crippen molar-refractivity contribution < 1.29 is 9.53 Å². The van der Waals surface area contributed by atoms with Crippen molar-refractivity contribution in [2.45, 2.75) is 45.8 Å². The second kappa shape index (κ2) is 7.79. The first kappa shape index (κ1) is 16.4. The summed E-state index contributed by atoms with van der Waals surface area (Å²) in [4.78, 5) is 19.7. The molecule has 0 radical (unpaired) electrons. The maximum atomic E-state index is 11.4. The predicted octanol–water partition coefficient (Wildman–Crippen LogP) is 2.04. The molecule has 0 aliphatic heterocycles. The van der Waals surface area contributed by atoms with E-state index in [1.165, 1.54) is 0 Å². The van der Waals surface area contributed by atoms with E-state index in [1.807, 2.05) is 27.7 Å². The number of amides is 1. The number of nitrogens with one attached hydrogen (secondary N) is 2. The Kier molecular flexibility index (Phi) is 6.38. The second-order valence-electron chi connectivity index (χ2n) is 5.59. The van der Waals surface area contributed by atoms with Gasteiger partial charge in [0, 0.05) is 31.2 Å². The number of carbonyl (C=O) groups excluding carboxylic acids is 1. The summed E-state index contributed by atoms with van der Waals surface area (Å²) in [7, 11) is 0. The summed E-state index contributed by atoms with van der Waals surface area (Å²) in [5.41, 5.74) is 0.454. The summed E-state index contributed by atoms with van der Waals surface area (Å²) in [6, 6.07) is 0.144. The Labute approximate surface area is 120 Å². The zero-order valence-corrected chi connectivity index (χ0v) is 12.6. The maximum absolute atomic E-state index is 11.4. The molecule has 0 aromatic carbocycles. The fourth-order valence-electron chi connectivity index (χ4n) is 1.55. The molecule has 0 aliphatic carbocycles. The third-order valence-electron chi connectivity index (χ3n) is 2.50. The Morgan fingerprint density at radius 3 is 2.70 bits per heavy atom. The summed E-state index contributed by atoms with van der Waals surface area (Å²) in [5, 5.41) is 6.05. The number of alkyl carbamates (subject to hydrolysis) is 1. The van der Waals surface area contributed by atoms with Crippen molar-refractivity contribution in [2.24, 2.45) is 0 Å². The van der Waals surface area contributed by atoms with Crippen LogP contribution in [0.5, 0.6) is 0 Å². The van der Waals surface area contributed by atoms with Crippen molar-refractivity contribution in [3.63, 3.8) is 0 Å². The number of hydrogen-bond acceptors (Lipinski definition) is 5. The molecule has 0 saturated heterocycles.